The van der Waals surface area contributed by atoms with E-state index in [4.69, 9.17) is 23.1 Å². The molecular formula is C26H52O9Si2. The number of aliphatic hydroxyl groups excluding tert-OH is 2. The van der Waals surface area contributed by atoms with E-state index in [-0.39, 0.29) is 36.1 Å². The summed E-state index contributed by atoms with van der Waals surface area (Å²) in [6, 6.07) is 0. The van der Waals surface area contributed by atoms with Crippen LogP contribution < -0.4 is 0 Å². The molecule has 11 heteroatoms. The Morgan fingerprint density at radius 1 is 0.730 bits per heavy atom. The van der Waals surface area contributed by atoms with Crippen LogP contribution in [0.4, 0.5) is 0 Å². The monoisotopic (exact) mass is 564 g/mol. The minimum absolute atomic E-state index is 0.0641. The van der Waals surface area contributed by atoms with Crippen LogP contribution >= 0.6 is 0 Å². The number of aliphatic hydroxyl groups is 2. The molecule has 1 heterocycles. The van der Waals surface area contributed by atoms with E-state index in [1.165, 1.54) is 14.2 Å². The van der Waals surface area contributed by atoms with E-state index >= 15 is 0 Å². The highest BCUT2D eigenvalue weighted by molar-refractivity contribution is 6.74. The van der Waals surface area contributed by atoms with Gasteiger partial charge in [-0.3, -0.25) is 9.59 Å². The molecule has 9 nitrogen and oxygen atoms in total. The lowest BCUT2D eigenvalue weighted by Crippen LogP contribution is -2.49. The molecule has 0 aromatic carbocycles. The maximum atomic E-state index is 12.7. The summed E-state index contributed by atoms with van der Waals surface area (Å²) in [5.74, 6) is -3.33. The molecule has 0 radical (unpaired) electrons. The second-order valence-electron chi connectivity index (χ2n) is 13.2. The standard InChI is InChI=1S/C26H52O9Si2/c1-25(2,3)36(9,10)33-15-21-19(27)13-17(23(29)31-7)18(24(30)32-8)14-20(28)22(35-21)16-34-37(11,12)26(4,5)6/h17-22,27-28H,13-16H2,1-12H3/t17-,18+,19-,20+,21-,22+. The summed E-state index contributed by atoms with van der Waals surface area (Å²) < 4.78 is 29.0. The van der Waals surface area contributed by atoms with Crippen molar-refractivity contribution in [1.82, 2.24) is 0 Å². The number of esters is 2. The zero-order valence-electron chi connectivity index (χ0n) is 25.0. The normalized spacial score (nSPS) is 28.6. The van der Waals surface area contributed by atoms with Gasteiger partial charge in [0.05, 0.1) is 51.5 Å². The van der Waals surface area contributed by atoms with Crippen LogP contribution in [0.25, 0.3) is 0 Å². The molecule has 6 atom stereocenters. The average Bonchev–Trinajstić information content (AvgIpc) is 2.81. The van der Waals surface area contributed by atoms with Crippen LogP contribution in [0.15, 0.2) is 0 Å². The zero-order valence-corrected chi connectivity index (χ0v) is 27.0. The first-order valence-corrected chi connectivity index (χ1v) is 18.9. The van der Waals surface area contributed by atoms with Crippen molar-refractivity contribution < 1.29 is 42.9 Å². The molecule has 1 aliphatic rings. The molecule has 0 aromatic heterocycles. The van der Waals surface area contributed by atoms with E-state index in [9.17, 15) is 19.8 Å². The highest BCUT2D eigenvalue weighted by atomic mass is 28.4. The van der Waals surface area contributed by atoms with E-state index in [0.29, 0.717) is 0 Å². The van der Waals surface area contributed by atoms with E-state index in [1.54, 1.807) is 0 Å². The van der Waals surface area contributed by atoms with E-state index in [2.05, 4.69) is 67.7 Å². The number of carbonyl (C=O) groups is 2. The summed E-state index contributed by atoms with van der Waals surface area (Å²) in [6.07, 6.45) is -4.19. The van der Waals surface area contributed by atoms with Gasteiger partial charge in [0, 0.05) is 0 Å². The van der Waals surface area contributed by atoms with Crippen molar-refractivity contribution in [1.29, 1.82) is 0 Å². The fourth-order valence-corrected chi connectivity index (χ4v) is 5.72. The molecular weight excluding hydrogens is 512 g/mol. The smallest absolute Gasteiger partial charge is 0.309 e. The van der Waals surface area contributed by atoms with E-state index in [0.717, 1.165) is 0 Å². The topological polar surface area (TPSA) is 121 Å². The third-order valence-electron chi connectivity index (χ3n) is 8.52. The number of hydrogen-bond donors (Lipinski definition) is 2. The first kappa shape index (κ1) is 34.2. The van der Waals surface area contributed by atoms with Crippen molar-refractivity contribution >= 4 is 28.6 Å². The van der Waals surface area contributed by atoms with Crippen molar-refractivity contribution in [3.05, 3.63) is 0 Å². The molecule has 0 aliphatic carbocycles. The van der Waals surface area contributed by atoms with Crippen LogP contribution in [0.5, 0.6) is 0 Å². The van der Waals surface area contributed by atoms with Gasteiger partial charge in [-0.15, -0.1) is 0 Å². The Bertz CT molecular complexity index is 696. The maximum absolute atomic E-state index is 12.7. The molecule has 0 bridgehead atoms. The quantitative estimate of drug-likeness (QED) is 0.334. The van der Waals surface area contributed by atoms with Gasteiger partial charge in [0.2, 0.25) is 0 Å². The maximum Gasteiger partial charge on any atom is 0.309 e. The predicted octanol–water partition coefficient (Wildman–Crippen LogP) is 3.88. The lowest BCUT2D eigenvalue weighted by atomic mass is 9.82. The Morgan fingerprint density at radius 3 is 1.27 bits per heavy atom. The van der Waals surface area contributed by atoms with Gasteiger partial charge in [0.15, 0.2) is 16.6 Å². The Hall–Kier alpha value is -0.826. The summed E-state index contributed by atoms with van der Waals surface area (Å²) >= 11 is 0. The van der Waals surface area contributed by atoms with Crippen molar-refractivity contribution in [2.45, 2.75) is 115 Å². The molecule has 37 heavy (non-hydrogen) atoms. The Labute approximate surface area is 225 Å². The number of hydrogen-bond acceptors (Lipinski definition) is 9. The summed E-state index contributed by atoms with van der Waals surface area (Å²) in [6.45, 7) is 21.3. The number of methoxy groups -OCH3 is 2. The third kappa shape index (κ3) is 9.11. The van der Waals surface area contributed by atoms with Gasteiger partial charge in [-0.25, -0.2) is 0 Å². The van der Waals surface area contributed by atoms with Crippen LogP contribution in [0, 0.1) is 11.8 Å². The van der Waals surface area contributed by atoms with Crippen molar-refractivity contribution in [3.8, 4) is 0 Å². The highest BCUT2D eigenvalue weighted by Crippen LogP contribution is 2.39. The summed E-state index contributed by atoms with van der Waals surface area (Å²) in [5.41, 5.74) is 0. The molecule has 1 fully saturated rings. The predicted molar refractivity (Wildman–Crippen MR) is 147 cm³/mol. The highest BCUT2D eigenvalue weighted by Gasteiger charge is 2.46. The first-order chi connectivity index (χ1) is 16.7. The minimum Gasteiger partial charge on any atom is -0.469 e. The lowest BCUT2D eigenvalue weighted by molar-refractivity contribution is -0.160. The van der Waals surface area contributed by atoms with Crippen LogP contribution in [-0.4, -0.2) is 90.6 Å². The second-order valence-corrected chi connectivity index (χ2v) is 22.8. The molecule has 2 N–H and O–H groups in total. The molecule has 1 rings (SSSR count). The van der Waals surface area contributed by atoms with Crippen LogP contribution in [0.3, 0.4) is 0 Å². The second kappa shape index (κ2) is 13.0. The lowest BCUT2D eigenvalue weighted by Gasteiger charge is -2.40. The van der Waals surface area contributed by atoms with Crippen LogP contribution in [0.1, 0.15) is 54.4 Å². The van der Waals surface area contributed by atoms with Crippen molar-refractivity contribution in [2.75, 3.05) is 27.4 Å². The van der Waals surface area contributed by atoms with Gasteiger partial charge in [0.1, 0.15) is 12.2 Å². The minimum atomic E-state index is -2.20. The molecule has 0 unspecified atom stereocenters. The van der Waals surface area contributed by atoms with Gasteiger partial charge < -0.3 is 33.3 Å². The molecule has 1 aliphatic heterocycles. The molecule has 0 amide bonds. The largest absolute Gasteiger partial charge is 0.469 e. The fourth-order valence-electron chi connectivity index (χ4n) is 3.70. The van der Waals surface area contributed by atoms with Gasteiger partial charge in [0.25, 0.3) is 0 Å². The third-order valence-corrected chi connectivity index (χ3v) is 17.5. The summed E-state index contributed by atoms with van der Waals surface area (Å²) in [7, 11) is -1.93. The average molecular weight is 565 g/mol. The first-order valence-electron chi connectivity index (χ1n) is 13.1. The molecule has 0 saturated carbocycles. The molecule has 0 aromatic rings. The van der Waals surface area contributed by atoms with E-state index < -0.39 is 64.8 Å². The summed E-state index contributed by atoms with van der Waals surface area (Å²) in [5, 5.41) is 22.4. The summed E-state index contributed by atoms with van der Waals surface area (Å²) in [4.78, 5) is 25.4. The van der Waals surface area contributed by atoms with Crippen LogP contribution in [0.2, 0.25) is 36.3 Å². The van der Waals surface area contributed by atoms with Crippen LogP contribution in [-0.2, 0) is 32.7 Å². The Morgan fingerprint density at radius 2 is 1.03 bits per heavy atom. The molecule has 218 valence electrons. The van der Waals surface area contributed by atoms with Crippen molar-refractivity contribution in [3.63, 3.8) is 0 Å². The van der Waals surface area contributed by atoms with E-state index in [1.807, 2.05) is 0 Å². The fraction of sp³-hybridized carbons (Fsp3) is 0.923. The molecule has 1 saturated heterocycles. The Balaban J connectivity index is 3.42. The SMILES string of the molecule is COC(=O)[C@H]1C[C@H](O)[C@H](CO[Si](C)(C)C(C)(C)C)O[C@H](CO[Si](C)(C)C(C)(C)C)[C@H](O)C[C@H]1C(=O)OC. The van der Waals surface area contributed by atoms with Gasteiger partial charge in [-0.1, -0.05) is 41.5 Å². The number of carbonyl (C=O) groups excluding carboxylic acids is 2. The zero-order chi connectivity index (χ0) is 29.0. The van der Waals surface area contributed by atoms with Crippen molar-refractivity contribution in [2.24, 2.45) is 11.8 Å². The number of ether oxygens (including phenoxy) is 3. The van der Waals surface area contributed by atoms with Gasteiger partial charge in [-0.05, 0) is 49.1 Å². The molecule has 0 spiro atoms. The number of rotatable bonds is 8. The van der Waals surface area contributed by atoms with Gasteiger partial charge >= 0.3 is 11.9 Å². The Kier molecular flexibility index (Phi) is 12.0. The van der Waals surface area contributed by atoms with Gasteiger partial charge in [-0.2, -0.15) is 0 Å².